The van der Waals surface area contributed by atoms with E-state index in [0.29, 0.717) is 4.88 Å². The quantitative estimate of drug-likeness (QED) is 0.740. The molecule has 0 aliphatic carbocycles. The molecular weight excluding hydrogens is 295 g/mol. The van der Waals surface area contributed by atoms with Crippen LogP contribution in [-0.4, -0.2) is 17.0 Å². The van der Waals surface area contributed by atoms with E-state index in [1.54, 1.807) is 17.5 Å². The van der Waals surface area contributed by atoms with E-state index >= 15 is 0 Å². The van der Waals surface area contributed by atoms with Crippen molar-refractivity contribution < 1.29 is 19.1 Å². The van der Waals surface area contributed by atoms with Gasteiger partial charge in [0, 0.05) is 4.88 Å². The molecule has 2 aromatic rings. The predicted molar refractivity (Wildman–Crippen MR) is 77.6 cm³/mol. The number of carboxylic acid groups (broad SMARTS) is 1. The van der Waals surface area contributed by atoms with Crippen LogP contribution in [0.3, 0.4) is 0 Å². The van der Waals surface area contributed by atoms with Crippen molar-refractivity contribution in [3.8, 4) is 0 Å². The lowest BCUT2D eigenvalue weighted by atomic mass is 10.1. The molecule has 5 nitrogen and oxygen atoms in total. The van der Waals surface area contributed by atoms with Gasteiger partial charge in [-0.15, -0.1) is 11.3 Å². The topological polar surface area (TPSA) is 92.4 Å². The van der Waals surface area contributed by atoms with Gasteiger partial charge in [0.25, 0.3) is 5.91 Å². The molecule has 1 unspecified atom stereocenters. The first kappa shape index (κ1) is 15.0. The number of rotatable bonds is 5. The van der Waals surface area contributed by atoms with Gasteiger partial charge in [-0.3, -0.25) is 9.59 Å². The predicted octanol–water partition coefficient (Wildman–Crippen LogP) is 2.42. The van der Waals surface area contributed by atoms with Crippen molar-refractivity contribution in [3.05, 3.63) is 52.0 Å². The number of para-hydroxylation sites is 1. The fourth-order valence-corrected chi connectivity index (χ4v) is 2.64. The van der Waals surface area contributed by atoms with E-state index in [9.17, 15) is 14.0 Å². The first-order chi connectivity index (χ1) is 9.99. The molecule has 4 N–H and O–H groups in total. The minimum atomic E-state index is -1.04. The summed E-state index contributed by atoms with van der Waals surface area (Å²) >= 11 is 1.33. The van der Waals surface area contributed by atoms with Crippen LogP contribution in [-0.2, 0) is 4.79 Å². The zero-order valence-corrected chi connectivity index (χ0v) is 11.7. The SMILES string of the molecule is Nc1c(F)cccc1C(=O)NC(CC(=O)O)c1cccs1. The number of anilines is 1. The Kier molecular flexibility index (Phi) is 4.54. The van der Waals surface area contributed by atoms with Crippen LogP contribution in [0.25, 0.3) is 0 Å². The fourth-order valence-electron chi connectivity index (χ4n) is 1.86. The van der Waals surface area contributed by atoms with Crippen molar-refractivity contribution in [2.45, 2.75) is 12.5 Å². The van der Waals surface area contributed by atoms with Crippen molar-refractivity contribution in [2.24, 2.45) is 0 Å². The molecule has 1 heterocycles. The second-order valence-corrected chi connectivity index (χ2v) is 5.32. The zero-order chi connectivity index (χ0) is 15.4. The highest BCUT2D eigenvalue weighted by molar-refractivity contribution is 7.10. The Labute approximate surface area is 124 Å². The molecule has 0 aliphatic rings. The monoisotopic (exact) mass is 308 g/mol. The molecule has 0 saturated heterocycles. The summed E-state index contributed by atoms with van der Waals surface area (Å²) in [5.74, 6) is -2.33. The highest BCUT2D eigenvalue weighted by Gasteiger charge is 2.21. The van der Waals surface area contributed by atoms with Gasteiger partial charge in [-0.1, -0.05) is 12.1 Å². The first-order valence-corrected chi connectivity index (χ1v) is 6.97. The molecule has 21 heavy (non-hydrogen) atoms. The number of hydrogen-bond donors (Lipinski definition) is 3. The van der Waals surface area contributed by atoms with Gasteiger partial charge in [-0.25, -0.2) is 4.39 Å². The number of carbonyl (C=O) groups excluding carboxylic acids is 1. The Morgan fingerprint density at radius 2 is 2.10 bits per heavy atom. The number of aliphatic carboxylic acids is 1. The van der Waals surface area contributed by atoms with Gasteiger partial charge in [0.15, 0.2) is 0 Å². The molecule has 110 valence electrons. The minimum absolute atomic E-state index is 0.0121. The summed E-state index contributed by atoms with van der Waals surface area (Å²) in [7, 11) is 0. The number of nitrogen functional groups attached to an aromatic ring is 1. The molecule has 1 aromatic heterocycles. The average Bonchev–Trinajstić information content (AvgIpc) is 2.94. The summed E-state index contributed by atoms with van der Waals surface area (Å²) in [4.78, 5) is 23.8. The van der Waals surface area contributed by atoms with E-state index in [0.717, 1.165) is 6.07 Å². The number of nitrogens with one attached hydrogen (secondary N) is 1. The number of carboxylic acids is 1. The Morgan fingerprint density at radius 1 is 1.33 bits per heavy atom. The standard InChI is InChI=1S/C14H13FN2O3S/c15-9-4-1-3-8(13(9)16)14(20)17-10(7-12(18)19)11-5-2-6-21-11/h1-6,10H,7,16H2,(H,17,20)(H,18,19). The third-order valence-corrected chi connectivity index (χ3v) is 3.85. The molecular formula is C14H13FN2O3S. The van der Waals surface area contributed by atoms with E-state index in [2.05, 4.69) is 5.32 Å². The maximum Gasteiger partial charge on any atom is 0.305 e. The third kappa shape index (κ3) is 3.57. The molecule has 2 rings (SSSR count). The molecule has 0 radical (unpaired) electrons. The largest absolute Gasteiger partial charge is 0.481 e. The summed E-state index contributed by atoms with van der Waals surface area (Å²) in [6.45, 7) is 0. The van der Waals surface area contributed by atoms with Crippen LogP contribution in [0, 0.1) is 5.82 Å². The summed E-state index contributed by atoms with van der Waals surface area (Å²) in [5, 5.41) is 13.3. The van der Waals surface area contributed by atoms with Crippen LogP contribution in [0.4, 0.5) is 10.1 Å². The highest BCUT2D eigenvalue weighted by atomic mass is 32.1. The van der Waals surface area contributed by atoms with Crippen LogP contribution >= 0.6 is 11.3 Å². The normalized spacial score (nSPS) is 11.9. The molecule has 0 saturated carbocycles. The highest BCUT2D eigenvalue weighted by Crippen LogP contribution is 2.23. The van der Waals surface area contributed by atoms with Crippen LogP contribution in [0.5, 0.6) is 0 Å². The third-order valence-electron chi connectivity index (χ3n) is 2.87. The van der Waals surface area contributed by atoms with E-state index in [4.69, 9.17) is 10.8 Å². The number of thiophene rings is 1. The Morgan fingerprint density at radius 3 is 2.71 bits per heavy atom. The van der Waals surface area contributed by atoms with Crippen molar-refractivity contribution in [3.63, 3.8) is 0 Å². The van der Waals surface area contributed by atoms with Gasteiger partial charge in [0.05, 0.1) is 23.7 Å². The van der Waals surface area contributed by atoms with Crippen molar-refractivity contribution in [1.82, 2.24) is 5.32 Å². The number of halogens is 1. The van der Waals surface area contributed by atoms with Gasteiger partial charge in [-0.05, 0) is 23.6 Å². The van der Waals surface area contributed by atoms with Crippen molar-refractivity contribution >= 4 is 28.9 Å². The van der Waals surface area contributed by atoms with Crippen LogP contribution in [0.2, 0.25) is 0 Å². The van der Waals surface area contributed by atoms with Crippen LogP contribution in [0.15, 0.2) is 35.7 Å². The van der Waals surface area contributed by atoms with Crippen molar-refractivity contribution in [1.29, 1.82) is 0 Å². The molecule has 0 spiro atoms. The summed E-state index contributed by atoms with van der Waals surface area (Å²) in [6.07, 6.45) is -0.262. The Hall–Kier alpha value is -2.41. The van der Waals surface area contributed by atoms with E-state index < -0.39 is 23.7 Å². The molecule has 0 aliphatic heterocycles. The maximum absolute atomic E-state index is 13.4. The van der Waals surface area contributed by atoms with Gasteiger partial charge in [0.1, 0.15) is 5.82 Å². The summed E-state index contributed by atoms with van der Waals surface area (Å²) < 4.78 is 13.4. The average molecular weight is 308 g/mol. The van der Waals surface area contributed by atoms with Gasteiger partial charge >= 0.3 is 5.97 Å². The smallest absolute Gasteiger partial charge is 0.305 e. The number of benzene rings is 1. The van der Waals surface area contributed by atoms with Gasteiger partial charge in [0.2, 0.25) is 0 Å². The van der Waals surface area contributed by atoms with E-state index in [1.165, 1.54) is 23.5 Å². The van der Waals surface area contributed by atoms with Crippen LogP contribution < -0.4 is 11.1 Å². The lowest BCUT2D eigenvalue weighted by Crippen LogP contribution is -2.30. The fraction of sp³-hybridized carbons (Fsp3) is 0.143. The van der Waals surface area contributed by atoms with Crippen LogP contribution in [0.1, 0.15) is 27.7 Å². The number of hydrogen-bond acceptors (Lipinski definition) is 4. The lowest BCUT2D eigenvalue weighted by molar-refractivity contribution is -0.137. The zero-order valence-electron chi connectivity index (χ0n) is 10.9. The lowest BCUT2D eigenvalue weighted by Gasteiger charge is -2.16. The first-order valence-electron chi connectivity index (χ1n) is 6.09. The number of carbonyl (C=O) groups is 2. The molecule has 1 aromatic carbocycles. The molecule has 1 atom stereocenters. The Balaban J connectivity index is 2.22. The minimum Gasteiger partial charge on any atom is -0.481 e. The second kappa shape index (κ2) is 6.36. The number of amides is 1. The van der Waals surface area contributed by atoms with Gasteiger partial charge < -0.3 is 16.2 Å². The second-order valence-electron chi connectivity index (χ2n) is 4.34. The summed E-state index contributed by atoms with van der Waals surface area (Å²) in [5.41, 5.74) is 5.26. The van der Waals surface area contributed by atoms with Crippen molar-refractivity contribution in [2.75, 3.05) is 5.73 Å². The van der Waals surface area contributed by atoms with Gasteiger partial charge in [-0.2, -0.15) is 0 Å². The Bertz CT molecular complexity index is 658. The summed E-state index contributed by atoms with van der Waals surface area (Å²) in [6, 6.07) is 6.72. The number of nitrogens with two attached hydrogens (primary N) is 1. The molecule has 1 amide bonds. The molecule has 0 fully saturated rings. The molecule has 0 bridgehead atoms. The maximum atomic E-state index is 13.4. The molecule has 7 heteroatoms. The van der Waals surface area contributed by atoms with E-state index in [1.807, 2.05) is 0 Å². The van der Waals surface area contributed by atoms with E-state index in [-0.39, 0.29) is 17.7 Å².